The summed E-state index contributed by atoms with van der Waals surface area (Å²) in [7, 11) is -4.15. The van der Waals surface area contributed by atoms with Crippen molar-refractivity contribution in [3.05, 3.63) is 0 Å². The van der Waals surface area contributed by atoms with E-state index in [-0.39, 0.29) is 5.78 Å². The third-order valence-electron chi connectivity index (χ3n) is 3.53. The number of hydrazone groups is 2. The lowest BCUT2D eigenvalue weighted by Gasteiger charge is -2.29. The molecule has 0 atom stereocenters. The topological polar surface area (TPSA) is 48.3 Å². The maximum atomic E-state index is 12.5. The van der Waals surface area contributed by atoms with Gasteiger partial charge in [0.05, 0.1) is 5.71 Å². The number of nitrogens with zero attached hydrogens (tertiary/aromatic N) is 4. The first kappa shape index (κ1) is 22.5. The second-order valence-electron chi connectivity index (χ2n) is 7.05. The summed E-state index contributed by atoms with van der Waals surface area (Å²) in [5.74, 6) is 0.108. The van der Waals surface area contributed by atoms with Crippen LogP contribution in [0.3, 0.4) is 0 Å². The zero-order valence-corrected chi connectivity index (χ0v) is 21.3. The van der Waals surface area contributed by atoms with Crippen molar-refractivity contribution in [1.82, 2.24) is 8.68 Å². The molecule has 0 aliphatic heterocycles. The van der Waals surface area contributed by atoms with Gasteiger partial charge < -0.3 is 8.68 Å². The summed E-state index contributed by atoms with van der Waals surface area (Å²) in [6.45, 7) is 22.1. The minimum atomic E-state index is -1.06. The number of hydrogen-bond donors (Lipinski definition) is 0. The van der Waals surface area contributed by atoms with Gasteiger partial charge >= 0.3 is 0 Å². The van der Waals surface area contributed by atoms with Gasteiger partial charge in [-0.15, -0.1) is 0 Å². The van der Waals surface area contributed by atoms with E-state index >= 15 is 0 Å². The van der Waals surface area contributed by atoms with E-state index in [1.165, 1.54) is 0 Å². The van der Waals surface area contributed by atoms with E-state index in [1.54, 1.807) is 0 Å². The first-order chi connectivity index (χ1) is 10.5. The van der Waals surface area contributed by atoms with Crippen LogP contribution in [0.1, 0.15) is 20.3 Å². The Balaban J connectivity index is 5.85. The Labute approximate surface area is 149 Å². The van der Waals surface area contributed by atoms with Gasteiger partial charge in [-0.3, -0.25) is 4.79 Å². The van der Waals surface area contributed by atoms with Crippen LogP contribution in [0.25, 0.3) is 0 Å². The lowest BCUT2D eigenvalue weighted by Crippen LogP contribution is -2.43. The van der Waals surface area contributed by atoms with Crippen LogP contribution < -0.4 is 0 Å². The van der Waals surface area contributed by atoms with E-state index in [4.69, 9.17) is 10.2 Å². The standard InChI is InChI=1S/C14H36N4OSi4/c1-11-13(19)14(16-18(22(7)8)23(9)10)12(2)15-17(20(3)4)21(5)6/h20-23H,11H2,1-10H3. The van der Waals surface area contributed by atoms with Crippen LogP contribution in [0.4, 0.5) is 0 Å². The number of Topliss-reactive ketones (excluding diaryl/α,β-unsaturated/α-hetero) is 1. The molecule has 0 aliphatic carbocycles. The van der Waals surface area contributed by atoms with E-state index in [0.717, 1.165) is 5.71 Å². The molecular weight excluding hydrogens is 353 g/mol. The first-order valence-electron chi connectivity index (χ1n) is 8.76. The van der Waals surface area contributed by atoms with Gasteiger partial charge in [-0.25, -0.2) is 0 Å². The molecule has 0 saturated heterocycles. The van der Waals surface area contributed by atoms with Crippen LogP contribution >= 0.6 is 0 Å². The van der Waals surface area contributed by atoms with Gasteiger partial charge in [-0.2, -0.15) is 10.2 Å². The van der Waals surface area contributed by atoms with Gasteiger partial charge in [0, 0.05) is 6.42 Å². The molecule has 0 fully saturated rings. The van der Waals surface area contributed by atoms with Crippen LogP contribution in [0.5, 0.6) is 0 Å². The van der Waals surface area contributed by atoms with Crippen LogP contribution in [-0.4, -0.2) is 61.7 Å². The minimum absolute atomic E-state index is 0.108. The van der Waals surface area contributed by atoms with Gasteiger partial charge in [0.15, 0.2) is 5.78 Å². The molecule has 0 aromatic heterocycles. The van der Waals surface area contributed by atoms with E-state index in [0.29, 0.717) is 12.1 Å². The summed E-state index contributed by atoms with van der Waals surface area (Å²) >= 11 is 0. The Morgan fingerprint density at radius 1 is 0.783 bits per heavy atom. The van der Waals surface area contributed by atoms with Gasteiger partial charge in [-0.1, -0.05) is 59.3 Å². The normalized spacial score (nSPS) is 13.5. The molecule has 0 aromatic carbocycles. The van der Waals surface area contributed by atoms with E-state index in [9.17, 15) is 4.79 Å². The van der Waals surface area contributed by atoms with Crippen molar-refractivity contribution < 1.29 is 4.79 Å². The predicted octanol–water partition coefficient (Wildman–Crippen LogP) is 2.24. The molecule has 0 amide bonds. The Kier molecular flexibility index (Phi) is 10.1. The molecular formula is C14H36N4OSi4. The fourth-order valence-corrected chi connectivity index (χ4v) is 13.5. The largest absolute Gasteiger partial charge is 0.355 e. The molecule has 134 valence electrons. The van der Waals surface area contributed by atoms with Gasteiger partial charge in [0.1, 0.15) is 41.5 Å². The second kappa shape index (κ2) is 10.4. The number of carbonyl (C=O) groups is 1. The average molecular weight is 389 g/mol. The van der Waals surface area contributed by atoms with Crippen molar-refractivity contribution in [2.75, 3.05) is 0 Å². The summed E-state index contributed by atoms with van der Waals surface area (Å²) in [4.78, 5) is 12.5. The lowest BCUT2D eigenvalue weighted by molar-refractivity contribution is -0.112. The maximum absolute atomic E-state index is 12.5. The molecule has 0 aromatic rings. The Hall–Kier alpha value is -0.522. The quantitative estimate of drug-likeness (QED) is 0.346. The van der Waals surface area contributed by atoms with Crippen molar-refractivity contribution in [3.8, 4) is 0 Å². The molecule has 0 aliphatic rings. The number of hydrogen-bond acceptors (Lipinski definition) is 5. The predicted molar refractivity (Wildman–Crippen MR) is 115 cm³/mol. The zero-order chi connectivity index (χ0) is 18.3. The third-order valence-corrected chi connectivity index (χ3v) is 15.4. The van der Waals surface area contributed by atoms with E-state index in [2.05, 4.69) is 61.1 Å². The highest BCUT2D eigenvalue weighted by molar-refractivity contribution is 6.73. The van der Waals surface area contributed by atoms with Crippen molar-refractivity contribution in [1.29, 1.82) is 0 Å². The minimum Gasteiger partial charge on any atom is -0.355 e. The highest BCUT2D eigenvalue weighted by Gasteiger charge is 2.21. The Morgan fingerprint density at radius 3 is 1.43 bits per heavy atom. The molecule has 5 nitrogen and oxygen atoms in total. The van der Waals surface area contributed by atoms with Crippen molar-refractivity contribution in [2.24, 2.45) is 10.2 Å². The van der Waals surface area contributed by atoms with Crippen LogP contribution in [-0.2, 0) is 4.79 Å². The molecule has 0 unspecified atom stereocenters. The highest BCUT2D eigenvalue weighted by Crippen LogP contribution is 2.06. The summed E-state index contributed by atoms with van der Waals surface area (Å²) in [6, 6.07) is 0. The molecule has 23 heavy (non-hydrogen) atoms. The smallest absolute Gasteiger partial charge is 0.184 e. The fraction of sp³-hybridized carbons (Fsp3) is 0.786. The summed E-state index contributed by atoms with van der Waals surface area (Å²) in [5.41, 5.74) is 1.39. The molecule has 0 spiro atoms. The molecule has 9 heteroatoms. The molecule has 0 N–H and O–H groups in total. The molecule has 0 heterocycles. The van der Waals surface area contributed by atoms with Gasteiger partial charge in [0.25, 0.3) is 0 Å². The first-order valence-corrected chi connectivity index (χ1v) is 20.1. The average Bonchev–Trinajstić information content (AvgIpc) is 2.42. The highest BCUT2D eigenvalue weighted by atomic mass is 28.4. The molecule has 0 radical (unpaired) electrons. The molecule has 0 saturated carbocycles. The van der Waals surface area contributed by atoms with Gasteiger partial charge in [-0.05, 0) is 6.92 Å². The zero-order valence-electron chi connectivity index (χ0n) is 16.7. The monoisotopic (exact) mass is 388 g/mol. The van der Waals surface area contributed by atoms with Crippen LogP contribution in [0, 0.1) is 0 Å². The van der Waals surface area contributed by atoms with E-state index < -0.39 is 35.8 Å². The maximum Gasteiger partial charge on any atom is 0.184 e. The Bertz CT molecular complexity index is 434. The van der Waals surface area contributed by atoms with Gasteiger partial charge in [0.2, 0.25) is 0 Å². The summed E-state index contributed by atoms with van der Waals surface area (Å²) < 4.78 is 4.59. The van der Waals surface area contributed by atoms with Crippen LogP contribution in [0.2, 0.25) is 52.4 Å². The van der Waals surface area contributed by atoms with E-state index in [1.807, 2.05) is 13.8 Å². The Morgan fingerprint density at radius 2 is 1.13 bits per heavy atom. The van der Waals surface area contributed by atoms with Crippen molar-refractivity contribution >= 4 is 53.0 Å². The third kappa shape index (κ3) is 7.27. The number of rotatable bonds is 9. The molecule has 0 bridgehead atoms. The lowest BCUT2D eigenvalue weighted by atomic mass is 10.1. The fourth-order valence-electron chi connectivity index (χ4n) is 2.49. The van der Waals surface area contributed by atoms with Crippen LogP contribution in [0.15, 0.2) is 10.2 Å². The number of carbonyl (C=O) groups excluding carboxylic acids is 1. The summed E-state index contributed by atoms with van der Waals surface area (Å²) in [5, 5.41) is 9.66. The summed E-state index contributed by atoms with van der Waals surface area (Å²) in [6.07, 6.45) is 0.483. The van der Waals surface area contributed by atoms with Crippen molar-refractivity contribution in [2.45, 2.75) is 72.6 Å². The second-order valence-corrected chi connectivity index (χ2v) is 19.1. The molecule has 0 rings (SSSR count). The SMILES string of the molecule is CCC(=O)C(=NN([SiH](C)C)[SiH](C)C)C(C)=NN([SiH](C)C)[SiH](C)C. The van der Waals surface area contributed by atoms with Crippen molar-refractivity contribution in [3.63, 3.8) is 0 Å². The number of ketones is 1.